The molecule has 1 aromatic heterocycles. The van der Waals surface area contributed by atoms with Crippen molar-refractivity contribution in [2.45, 2.75) is 31.3 Å². The first-order chi connectivity index (χ1) is 15.3. The molecule has 4 rings (SSSR count). The third-order valence-corrected chi connectivity index (χ3v) is 7.44. The van der Waals surface area contributed by atoms with Crippen LogP contribution in [0.2, 0.25) is 5.02 Å². The second-order valence-corrected chi connectivity index (χ2v) is 9.84. The first-order valence-electron chi connectivity index (χ1n) is 10.1. The summed E-state index contributed by atoms with van der Waals surface area (Å²) in [6.07, 6.45) is 1.09. The predicted molar refractivity (Wildman–Crippen MR) is 126 cm³/mol. The Morgan fingerprint density at radius 3 is 2.66 bits per heavy atom. The van der Waals surface area contributed by atoms with Crippen LogP contribution in [0.25, 0.3) is 0 Å². The molecule has 1 saturated heterocycles. The molecular weight excluding hydrogens is 477 g/mol. The average Bonchev–Trinajstić information content (AvgIpc) is 3.27. The fourth-order valence-electron chi connectivity index (χ4n) is 3.45. The lowest BCUT2D eigenvalue weighted by molar-refractivity contribution is 0.170. The van der Waals surface area contributed by atoms with E-state index in [0.29, 0.717) is 34.2 Å². The Balaban J connectivity index is 1.55. The molecule has 2 aromatic carbocycles. The number of halogens is 4. The lowest BCUT2D eigenvalue weighted by atomic mass is 10.0. The topological polar surface area (TPSA) is 31.4 Å². The number of likely N-dealkylation sites (tertiary alicyclic amines) is 1. The van der Waals surface area contributed by atoms with Gasteiger partial charge in [0, 0.05) is 47.4 Å². The molecule has 1 aliphatic heterocycles. The van der Waals surface area contributed by atoms with Crippen LogP contribution in [0.4, 0.5) is 24.7 Å². The number of nitrogens with zero attached hydrogens (tertiary/aromatic N) is 3. The third kappa shape index (κ3) is 4.85. The van der Waals surface area contributed by atoms with Crippen molar-refractivity contribution in [1.29, 1.82) is 0 Å². The number of hydrogen-bond donors (Lipinski definition) is 1. The van der Waals surface area contributed by atoms with Crippen LogP contribution in [-0.2, 0) is 13.1 Å². The molecule has 1 fully saturated rings. The highest BCUT2D eigenvalue weighted by Gasteiger charge is 2.22. The van der Waals surface area contributed by atoms with Gasteiger partial charge >= 0.3 is 0 Å². The van der Waals surface area contributed by atoms with Crippen LogP contribution in [0.3, 0.4) is 0 Å². The van der Waals surface area contributed by atoms with Crippen LogP contribution < -0.4 is 9.62 Å². The van der Waals surface area contributed by atoms with Gasteiger partial charge in [-0.05, 0) is 62.1 Å². The van der Waals surface area contributed by atoms with Gasteiger partial charge in [0.2, 0.25) is 0 Å². The van der Waals surface area contributed by atoms with Gasteiger partial charge in [0.05, 0.1) is 5.51 Å². The van der Waals surface area contributed by atoms with E-state index >= 15 is 4.39 Å². The molecule has 1 aliphatic rings. The van der Waals surface area contributed by atoms with E-state index in [0.717, 1.165) is 31.5 Å². The fourth-order valence-corrected chi connectivity index (χ4v) is 5.18. The number of aromatic nitrogens is 1. The van der Waals surface area contributed by atoms with E-state index in [1.807, 2.05) is 0 Å². The third-order valence-electron chi connectivity index (χ3n) is 5.49. The highest BCUT2D eigenvalue weighted by atomic mass is 35.5. The Kier molecular flexibility index (Phi) is 7.19. The SMILES string of the molecule is Cc1c(NCc2c(Cl)ccc(F)c2CN2CCC2)cc(F)c(SN(C)c2cscn2)c1F. The first kappa shape index (κ1) is 23.2. The van der Waals surface area contributed by atoms with Gasteiger partial charge in [-0.15, -0.1) is 11.3 Å². The molecule has 32 heavy (non-hydrogen) atoms. The smallest absolute Gasteiger partial charge is 0.149 e. The maximum absolute atomic E-state index is 15.1. The van der Waals surface area contributed by atoms with Gasteiger partial charge in [-0.25, -0.2) is 18.2 Å². The van der Waals surface area contributed by atoms with Gasteiger partial charge in [0.15, 0.2) is 0 Å². The standard InChI is InChI=1S/C22H22ClF3N4S2/c1-13-19(8-18(25)22(21(13)26)32-29(2)20-11-31-12-28-20)27-9-14-15(10-30-6-3-7-30)17(24)5-4-16(14)23/h4-5,8,11-12,27H,3,6-7,9-10H2,1-2H3. The minimum atomic E-state index is -0.686. The van der Waals surface area contributed by atoms with E-state index < -0.39 is 11.6 Å². The molecule has 10 heteroatoms. The monoisotopic (exact) mass is 498 g/mol. The number of benzene rings is 2. The molecule has 4 nitrogen and oxygen atoms in total. The lowest BCUT2D eigenvalue weighted by Crippen LogP contribution is -2.37. The molecule has 2 heterocycles. The minimum Gasteiger partial charge on any atom is -0.381 e. The molecule has 0 atom stereocenters. The quantitative estimate of drug-likeness (QED) is 0.359. The number of thiazole rings is 1. The van der Waals surface area contributed by atoms with Crippen molar-refractivity contribution in [2.24, 2.45) is 0 Å². The second-order valence-electron chi connectivity index (χ2n) is 7.58. The molecule has 0 saturated carbocycles. The van der Waals surface area contributed by atoms with Crippen molar-refractivity contribution in [3.05, 3.63) is 68.3 Å². The number of anilines is 2. The van der Waals surface area contributed by atoms with Crippen molar-refractivity contribution in [3.8, 4) is 0 Å². The second kappa shape index (κ2) is 9.91. The van der Waals surface area contributed by atoms with E-state index in [1.54, 1.807) is 29.2 Å². The van der Waals surface area contributed by atoms with E-state index in [4.69, 9.17) is 11.6 Å². The summed E-state index contributed by atoms with van der Waals surface area (Å²) in [7, 11) is 1.70. The number of hydrogen-bond acceptors (Lipinski definition) is 6. The Hall–Kier alpha value is -1.94. The van der Waals surface area contributed by atoms with E-state index in [9.17, 15) is 8.78 Å². The van der Waals surface area contributed by atoms with Crippen LogP contribution in [0.15, 0.2) is 34.0 Å². The van der Waals surface area contributed by atoms with Crippen molar-refractivity contribution in [1.82, 2.24) is 9.88 Å². The Morgan fingerprint density at radius 1 is 1.22 bits per heavy atom. The summed E-state index contributed by atoms with van der Waals surface area (Å²) < 4.78 is 46.0. The normalized spacial score (nSPS) is 13.8. The van der Waals surface area contributed by atoms with Gasteiger partial charge in [-0.3, -0.25) is 9.21 Å². The zero-order chi connectivity index (χ0) is 22.8. The summed E-state index contributed by atoms with van der Waals surface area (Å²) in [5.41, 5.74) is 3.35. The van der Waals surface area contributed by atoms with Gasteiger partial charge < -0.3 is 5.32 Å². The molecule has 170 valence electrons. The van der Waals surface area contributed by atoms with Crippen molar-refractivity contribution < 1.29 is 13.2 Å². The molecule has 0 unspecified atom stereocenters. The molecule has 0 radical (unpaired) electrons. The highest BCUT2D eigenvalue weighted by molar-refractivity contribution is 8.00. The molecule has 3 aromatic rings. The Bertz CT molecular complexity index is 1110. The van der Waals surface area contributed by atoms with E-state index in [2.05, 4.69) is 15.2 Å². The molecule has 0 aliphatic carbocycles. The maximum atomic E-state index is 15.1. The highest BCUT2D eigenvalue weighted by Crippen LogP contribution is 2.35. The first-order valence-corrected chi connectivity index (χ1v) is 12.1. The molecule has 0 spiro atoms. The van der Waals surface area contributed by atoms with Gasteiger partial charge in [0.25, 0.3) is 0 Å². The summed E-state index contributed by atoms with van der Waals surface area (Å²) >= 11 is 8.70. The largest absolute Gasteiger partial charge is 0.381 e. The summed E-state index contributed by atoms with van der Waals surface area (Å²) in [6.45, 7) is 4.04. The van der Waals surface area contributed by atoms with Crippen molar-refractivity contribution in [2.75, 3.05) is 29.8 Å². The van der Waals surface area contributed by atoms with Crippen LogP contribution in [0.1, 0.15) is 23.1 Å². The van der Waals surface area contributed by atoms with Crippen molar-refractivity contribution >= 4 is 46.4 Å². The zero-order valence-electron chi connectivity index (χ0n) is 17.6. The average molecular weight is 499 g/mol. The lowest BCUT2D eigenvalue weighted by Gasteiger charge is -2.31. The number of rotatable bonds is 8. The molecule has 1 N–H and O–H groups in total. The summed E-state index contributed by atoms with van der Waals surface area (Å²) in [4.78, 5) is 6.18. The molecular formula is C22H22ClF3N4S2. The van der Waals surface area contributed by atoms with Crippen LogP contribution in [-0.4, -0.2) is 30.0 Å². The summed E-state index contributed by atoms with van der Waals surface area (Å²) in [5, 5.41) is 5.27. The maximum Gasteiger partial charge on any atom is 0.149 e. The van der Waals surface area contributed by atoms with E-state index in [-0.39, 0.29) is 22.8 Å². The Morgan fingerprint density at radius 2 is 2.00 bits per heavy atom. The molecule has 0 amide bonds. The fraction of sp³-hybridized carbons (Fsp3) is 0.318. The predicted octanol–water partition coefficient (Wildman–Crippen LogP) is 6.48. The van der Waals surface area contributed by atoms with Crippen LogP contribution in [0.5, 0.6) is 0 Å². The molecule has 0 bridgehead atoms. The van der Waals surface area contributed by atoms with Gasteiger partial charge in [-0.2, -0.15) is 0 Å². The van der Waals surface area contributed by atoms with Crippen LogP contribution in [0, 0.1) is 24.4 Å². The van der Waals surface area contributed by atoms with Gasteiger partial charge in [0.1, 0.15) is 28.2 Å². The number of nitrogens with one attached hydrogen (secondary N) is 1. The summed E-state index contributed by atoms with van der Waals surface area (Å²) in [5.74, 6) is -1.04. The van der Waals surface area contributed by atoms with E-state index in [1.165, 1.54) is 29.5 Å². The Labute approximate surface area is 198 Å². The minimum absolute atomic E-state index is 0.106. The van der Waals surface area contributed by atoms with Crippen LogP contribution >= 0.6 is 34.9 Å². The van der Waals surface area contributed by atoms with Gasteiger partial charge in [-0.1, -0.05) is 11.6 Å². The zero-order valence-corrected chi connectivity index (χ0v) is 20.0. The summed E-state index contributed by atoms with van der Waals surface area (Å²) in [6, 6.07) is 4.13. The van der Waals surface area contributed by atoms with Crippen molar-refractivity contribution in [3.63, 3.8) is 0 Å².